The predicted octanol–water partition coefficient (Wildman–Crippen LogP) is 16.9. The van der Waals surface area contributed by atoms with Crippen LogP contribution in [0.5, 0.6) is 0 Å². The van der Waals surface area contributed by atoms with E-state index in [1.165, 1.54) is 103 Å². The molecule has 81 heavy (non-hydrogen) atoms. The lowest BCUT2D eigenvalue weighted by molar-refractivity contribution is -0.161. The van der Waals surface area contributed by atoms with Gasteiger partial charge in [0.2, 0.25) is 0 Å². The minimum absolute atomic E-state index is 0.101. The van der Waals surface area contributed by atoms with E-state index in [1.807, 2.05) is 0 Å². The minimum Gasteiger partial charge on any atom is -0.462 e. The van der Waals surface area contributed by atoms with Gasteiger partial charge in [0.05, 0.1) is 26.4 Å². The SMILES string of the molecule is CCCCCCCCCCCCCCCCCCC(=O)O[C@H](COC(=O)CCCCCCCCC(C)C)COP(=O)(O)OC[C@@H](O)COP(=O)(O)OC[C@@H](COC(=O)CCCCCCCCC)OC(=O)CCCCCCCCC(C)C. The fourth-order valence-corrected chi connectivity index (χ4v) is 10.8. The van der Waals surface area contributed by atoms with Crippen molar-refractivity contribution in [2.45, 2.75) is 323 Å². The molecule has 0 spiro atoms. The molecular formula is C62H120O17P2. The van der Waals surface area contributed by atoms with Gasteiger partial charge in [0.25, 0.3) is 0 Å². The minimum atomic E-state index is -4.94. The van der Waals surface area contributed by atoms with Crippen LogP contribution < -0.4 is 0 Å². The van der Waals surface area contributed by atoms with Gasteiger partial charge in [0, 0.05) is 25.7 Å². The Labute approximate surface area is 492 Å². The van der Waals surface area contributed by atoms with Crippen molar-refractivity contribution in [3.05, 3.63) is 0 Å². The zero-order chi connectivity index (χ0) is 60.1. The molecule has 0 bridgehead atoms. The number of hydrogen-bond donors (Lipinski definition) is 3. The Morgan fingerprint density at radius 2 is 0.568 bits per heavy atom. The van der Waals surface area contributed by atoms with Crippen LogP contribution >= 0.6 is 15.6 Å². The Hall–Kier alpha value is -1.94. The summed E-state index contributed by atoms with van der Waals surface area (Å²) >= 11 is 0. The lowest BCUT2D eigenvalue weighted by atomic mass is 10.0. The van der Waals surface area contributed by atoms with Crippen molar-refractivity contribution in [3.63, 3.8) is 0 Å². The summed E-state index contributed by atoms with van der Waals surface area (Å²) in [5, 5.41) is 10.5. The maximum absolute atomic E-state index is 12.9. The van der Waals surface area contributed by atoms with Gasteiger partial charge >= 0.3 is 39.5 Å². The highest BCUT2D eigenvalue weighted by Gasteiger charge is 2.30. The average Bonchev–Trinajstić information content (AvgIpc) is 3.42. The number of aliphatic hydroxyl groups excluding tert-OH is 1. The van der Waals surface area contributed by atoms with Crippen LogP contribution in [0.4, 0.5) is 0 Å². The fraction of sp³-hybridized carbons (Fsp3) is 0.935. The monoisotopic (exact) mass is 1200 g/mol. The van der Waals surface area contributed by atoms with Gasteiger partial charge in [0.1, 0.15) is 19.3 Å². The molecule has 19 heteroatoms. The van der Waals surface area contributed by atoms with Gasteiger partial charge in [-0.1, -0.05) is 253 Å². The van der Waals surface area contributed by atoms with Crippen molar-refractivity contribution < 1.29 is 80.2 Å². The molecule has 0 aliphatic rings. The van der Waals surface area contributed by atoms with Crippen molar-refractivity contribution in [1.82, 2.24) is 0 Å². The first kappa shape index (κ1) is 79.1. The van der Waals surface area contributed by atoms with Crippen LogP contribution in [0.2, 0.25) is 0 Å². The van der Waals surface area contributed by atoms with Crippen LogP contribution in [0.3, 0.4) is 0 Å². The molecule has 2 unspecified atom stereocenters. The number of carbonyl (C=O) groups excluding carboxylic acids is 4. The fourth-order valence-electron chi connectivity index (χ4n) is 9.18. The van der Waals surface area contributed by atoms with E-state index in [-0.39, 0.29) is 25.7 Å². The highest BCUT2D eigenvalue weighted by Crippen LogP contribution is 2.45. The molecule has 5 atom stereocenters. The molecule has 0 saturated carbocycles. The van der Waals surface area contributed by atoms with Gasteiger partial charge in [-0.3, -0.25) is 37.3 Å². The second-order valence-electron chi connectivity index (χ2n) is 23.4. The largest absolute Gasteiger partial charge is 0.472 e. The number of rotatable bonds is 61. The third-order valence-electron chi connectivity index (χ3n) is 14.2. The first-order chi connectivity index (χ1) is 38.9. The van der Waals surface area contributed by atoms with E-state index in [0.717, 1.165) is 109 Å². The molecule has 17 nitrogen and oxygen atoms in total. The first-order valence-corrected chi connectivity index (χ1v) is 35.5. The van der Waals surface area contributed by atoms with Crippen molar-refractivity contribution in [1.29, 1.82) is 0 Å². The maximum Gasteiger partial charge on any atom is 0.472 e. The molecule has 3 N–H and O–H groups in total. The Kier molecular flexibility index (Phi) is 53.4. The van der Waals surface area contributed by atoms with Crippen molar-refractivity contribution in [2.24, 2.45) is 11.8 Å². The van der Waals surface area contributed by atoms with Gasteiger partial charge in [0.15, 0.2) is 12.2 Å². The Morgan fingerprint density at radius 3 is 0.840 bits per heavy atom. The molecule has 0 aromatic carbocycles. The Balaban J connectivity index is 5.18. The molecule has 0 heterocycles. The highest BCUT2D eigenvalue weighted by atomic mass is 31.2. The van der Waals surface area contributed by atoms with Gasteiger partial charge in [-0.15, -0.1) is 0 Å². The maximum atomic E-state index is 12.9. The number of phosphoric ester groups is 2. The lowest BCUT2D eigenvalue weighted by Gasteiger charge is -2.21. The van der Waals surface area contributed by atoms with Crippen molar-refractivity contribution in [3.8, 4) is 0 Å². The summed E-state index contributed by atoms with van der Waals surface area (Å²) in [7, 11) is -9.88. The number of carbonyl (C=O) groups is 4. The normalized spacial score (nSPS) is 14.4. The van der Waals surface area contributed by atoms with E-state index >= 15 is 0 Å². The summed E-state index contributed by atoms with van der Waals surface area (Å²) in [6.45, 7) is 9.26. The van der Waals surface area contributed by atoms with Crippen LogP contribution in [0.25, 0.3) is 0 Å². The smallest absolute Gasteiger partial charge is 0.462 e. The predicted molar refractivity (Wildman–Crippen MR) is 321 cm³/mol. The third kappa shape index (κ3) is 56.9. The number of ether oxygens (including phenoxy) is 4. The van der Waals surface area contributed by atoms with E-state index < -0.39 is 97.5 Å². The van der Waals surface area contributed by atoms with E-state index in [4.69, 9.17) is 37.0 Å². The summed E-state index contributed by atoms with van der Waals surface area (Å²) in [6, 6.07) is 0. The standard InChI is InChI=1S/C62H120O17P2/c1-7-9-11-13-15-16-17-18-19-20-21-22-23-25-34-40-46-61(66)78-57(51-73-60(65)45-39-33-28-26-30-36-42-54(3)4)52-76-80(68,69)74-48-56(63)49-75-81(70,71)77-53-58(50-72-59(64)44-38-32-24-14-12-10-8-2)79-62(67)47-41-35-29-27-31-37-43-55(5)6/h54-58,63H,7-53H2,1-6H3,(H,68,69)(H,70,71)/t56-,57-,58-/m1/s1. The summed E-state index contributed by atoms with van der Waals surface area (Å²) in [6.07, 6.45) is 36.7. The van der Waals surface area contributed by atoms with Gasteiger partial charge < -0.3 is 33.8 Å². The summed E-state index contributed by atoms with van der Waals surface area (Å²) in [5.74, 6) is -0.797. The van der Waals surface area contributed by atoms with Crippen molar-refractivity contribution in [2.75, 3.05) is 39.6 Å². The first-order valence-electron chi connectivity index (χ1n) is 32.5. The van der Waals surface area contributed by atoms with Crippen LogP contribution in [-0.2, 0) is 65.4 Å². The quantitative estimate of drug-likeness (QED) is 0.0222. The van der Waals surface area contributed by atoms with Crippen molar-refractivity contribution >= 4 is 39.5 Å². The van der Waals surface area contributed by atoms with E-state index in [9.17, 15) is 43.2 Å². The second kappa shape index (κ2) is 54.7. The van der Waals surface area contributed by atoms with Crippen LogP contribution in [-0.4, -0.2) is 96.7 Å². The molecular weight excluding hydrogens is 1080 g/mol. The van der Waals surface area contributed by atoms with E-state index in [0.29, 0.717) is 37.5 Å². The molecule has 0 radical (unpaired) electrons. The molecule has 0 aliphatic heterocycles. The van der Waals surface area contributed by atoms with E-state index in [2.05, 4.69) is 41.5 Å². The molecule has 0 aromatic rings. The molecule has 0 rings (SSSR count). The third-order valence-corrected chi connectivity index (χ3v) is 16.1. The zero-order valence-corrected chi connectivity index (χ0v) is 53.9. The molecule has 480 valence electrons. The number of esters is 4. The Bertz CT molecular complexity index is 1600. The average molecular weight is 1200 g/mol. The molecule has 0 aliphatic carbocycles. The van der Waals surface area contributed by atoms with Crippen LogP contribution in [0.1, 0.15) is 305 Å². The zero-order valence-electron chi connectivity index (χ0n) is 52.1. The topological polar surface area (TPSA) is 237 Å². The van der Waals surface area contributed by atoms with Crippen LogP contribution in [0.15, 0.2) is 0 Å². The molecule has 0 saturated heterocycles. The number of phosphoric acid groups is 2. The molecule has 0 aromatic heterocycles. The Morgan fingerprint density at radius 1 is 0.333 bits per heavy atom. The van der Waals surface area contributed by atoms with Crippen LogP contribution in [0, 0.1) is 11.8 Å². The summed E-state index contributed by atoms with van der Waals surface area (Å²) < 4.78 is 67.8. The number of aliphatic hydroxyl groups is 1. The number of unbranched alkanes of at least 4 members (excludes halogenated alkanes) is 31. The van der Waals surface area contributed by atoms with Gasteiger partial charge in [-0.25, -0.2) is 9.13 Å². The molecule has 0 amide bonds. The number of hydrogen-bond acceptors (Lipinski definition) is 15. The lowest BCUT2D eigenvalue weighted by Crippen LogP contribution is -2.30. The highest BCUT2D eigenvalue weighted by molar-refractivity contribution is 7.47. The summed E-state index contributed by atoms with van der Waals surface area (Å²) in [4.78, 5) is 71.9. The molecule has 0 fully saturated rings. The van der Waals surface area contributed by atoms with E-state index in [1.54, 1.807) is 0 Å². The van der Waals surface area contributed by atoms with Gasteiger partial charge in [-0.2, -0.15) is 0 Å². The van der Waals surface area contributed by atoms with Gasteiger partial charge in [-0.05, 0) is 37.5 Å². The summed E-state index contributed by atoms with van der Waals surface area (Å²) in [5.41, 5.74) is 0. The second-order valence-corrected chi connectivity index (χ2v) is 26.3.